The van der Waals surface area contributed by atoms with E-state index in [0.29, 0.717) is 11.2 Å². The van der Waals surface area contributed by atoms with Gasteiger partial charge in [-0.15, -0.1) is 13.3 Å². The molecule has 1 aromatic heterocycles. The standard InChI is InChI=1S/C37H32F2N3/c1-21-15-23(3)35(24(4)16-21)29-7-11-31-27(19-29)9-13-33-40-34-14-10-28-20-30(36-25(5)17-22(2)18-26(36)6)8-12-32(28)42(34)37(38,39)41(31)33/h7-20H,1-6H3/q+1. The summed E-state index contributed by atoms with van der Waals surface area (Å²) in [6.07, 6.45) is 0.201. The second-order valence-corrected chi connectivity index (χ2v) is 11.8. The molecule has 5 aromatic rings. The van der Waals surface area contributed by atoms with Gasteiger partial charge < -0.3 is 0 Å². The van der Waals surface area contributed by atoms with Gasteiger partial charge in [-0.3, -0.25) is 0 Å². The lowest BCUT2D eigenvalue weighted by molar-refractivity contribution is -0.791. The van der Waals surface area contributed by atoms with Crippen LogP contribution in [-0.2, 0) is 6.17 Å². The Hall–Kier alpha value is -4.64. The number of fused-ring (bicyclic) bond motifs is 6. The average Bonchev–Trinajstić information content (AvgIpc) is 2.91. The summed E-state index contributed by atoms with van der Waals surface area (Å²) in [7, 11) is 0. The van der Waals surface area contributed by atoms with E-state index in [-0.39, 0.29) is 11.7 Å². The predicted molar refractivity (Wildman–Crippen MR) is 169 cm³/mol. The molecule has 7 rings (SSSR count). The molecule has 4 aromatic carbocycles. The van der Waals surface area contributed by atoms with Gasteiger partial charge in [-0.2, -0.15) is 0 Å². The molecule has 0 bridgehead atoms. The SMILES string of the molecule is Cc1cc(C)c(-c2ccc3c(c2)C=CC2=Nc4ccc5cc(-c6c(C)cc(C)cc6C)ccc5[n+]4C(F)(F)N23)c(C)c1. The summed E-state index contributed by atoms with van der Waals surface area (Å²) in [6, 6.07) is 23.7. The van der Waals surface area contributed by atoms with Gasteiger partial charge in [-0.1, -0.05) is 47.5 Å². The maximum Gasteiger partial charge on any atom is 0.500 e. The minimum Gasteiger partial charge on any atom is -0.204 e. The minimum atomic E-state index is -3.38. The summed E-state index contributed by atoms with van der Waals surface area (Å²) in [5.74, 6) is 0.453. The van der Waals surface area contributed by atoms with E-state index < -0.39 is 6.17 Å². The molecule has 2 aliphatic rings. The number of amidine groups is 1. The van der Waals surface area contributed by atoms with Gasteiger partial charge in [-0.25, -0.2) is 4.90 Å². The first-order chi connectivity index (χ1) is 20.0. The molecule has 0 aliphatic carbocycles. The highest BCUT2D eigenvalue weighted by Gasteiger charge is 2.55. The number of alkyl halides is 2. The monoisotopic (exact) mass is 556 g/mol. The van der Waals surface area contributed by atoms with E-state index in [2.05, 4.69) is 70.8 Å². The maximum atomic E-state index is 16.7. The summed E-state index contributed by atoms with van der Waals surface area (Å²) >= 11 is 0. The van der Waals surface area contributed by atoms with Crippen molar-refractivity contribution in [3.8, 4) is 22.3 Å². The second kappa shape index (κ2) is 9.18. The molecule has 0 unspecified atom stereocenters. The molecule has 42 heavy (non-hydrogen) atoms. The van der Waals surface area contributed by atoms with E-state index in [9.17, 15) is 0 Å². The van der Waals surface area contributed by atoms with Crippen molar-refractivity contribution in [1.82, 2.24) is 0 Å². The quantitative estimate of drug-likeness (QED) is 0.157. The predicted octanol–water partition coefficient (Wildman–Crippen LogP) is 9.40. The molecule has 0 radical (unpaired) electrons. The Morgan fingerprint density at radius 3 is 1.83 bits per heavy atom. The third-order valence-corrected chi connectivity index (χ3v) is 8.52. The van der Waals surface area contributed by atoms with E-state index in [0.717, 1.165) is 42.7 Å². The van der Waals surface area contributed by atoms with Crippen molar-refractivity contribution < 1.29 is 13.3 Å². The van der Waals surface area contributed by atoms with Crippen LogP contribution in [0.1, 0.15) is 38.9 Å². The first-order valence-corrected chi connectivity index (χ1v) is 14.3. The molecule has 0 saturated heterocycles. The third kappa shape index (κ3) is 3.91. The van der Waals surface area contributed by atoms with Crippen LogP contribution >= 0.6 is 0 Å². The van der Waals surface area contributed by atoms with Crippen LogP contribution in [0, 0.1) is 41.5 Å². The summed E-state index contributed by atoms with van der Waals surface area (Å²) < 4.78 is 34.5. The van der Waals surface area contributed by atoms with Gasteiger partial charge in [0.15, 0.2) is 0 Å². The molecular formula is C37H32F2N3+. The lowest BCUT2D eigenvalue weighted by Crippen LogP contribution is -2.65. The van der Waals surface area contributed by atoms with Crippen molar-refractivity contribution in [3.63, 3.8) is 0 Å². The van der Waals surface area contributed by atoms with Crippen LogP contribution in [-0.4, -0.2) is 5.84 Å². The first kappa shape index (κ1) is 26.3. The molecule has 0 amide bonds. The fourth-order valence-corrected chi connectivity index (χ4v) is 7.05. The van der Waals surface area contributed by atoms with Gasteiger partial charge in [0, 0.05) is 17.5 Å². The van der Waals surface area contributed by atoms with Gasteiger partial charge in [0.05, 0.1) is 5.69 Å². The van der Waals surface area contributed by atoms with Crippen molar-refractivity contribution in [2.45, 2.75) is 47.7 Å². The number of benzene rings is 4. The van der Waals surface area contributed by atoms with Gasteiger partial charge in [0.1, 0.15) is 5.52 Å². The lowest BCUT2D eigenvalue weighted by Gasteiger charge is -2.34. The van der Waals surface area contributed by atoms with Crippen molar-refractivity contribution in [3.05, 3.63) is 118 Å². The molecule has 0 fully saturated rings. The van der Waals surface area contributed by atoms with Crippen LogP contribution in [0.25, 0.3) is 39.2 Å². The maximum absolute atomic E-state index is 16.7. The van der Waals surface area contributed by atoms with E-state index in [1.807, 2.05) is 36.4 Å². The summed E-state index contributed by atoms with van der Waals surface area (Å²) in [6.45, 7) is 12.6. The molecule has 0 saturated carbocycles. The highest BCUT2D eigenvalue weighted by Crippen LogP contribution is 2.42. The number of aryl methyl sites for hydroxylation is 6. The van der Waals surface area contributed by atoms with Gasteiger partial charge in [0.2, 0.25) is 0 Å². The van der Waals surface area contributed by atoms with Crippen LogP contribution in [0.4, 0.5) is 20.3 Å². The number of rotatable bonds is 2. The summed E-state index contributed by atoms with van der Waals surface area (Å²) in [5, 5.41) is 0.738. The number of aliphatic imine (C=N–C) groups is 1. The third-order valence-electron chi connectivity index (χ3n) is 8.52. The average molecular weight is 557 g/mol. The Morgan fingerprint density at radius 2 is 1.21 bits per heavy atom. The second-order valence-electron chi connectivity index (χ2n) is 11.8. The van der Waals surface area contributed by atoms with E-state index in [4.69, 9.17) is 0 Å². The Morgan fingerprint density at radius 1 is 0.643 bits per heavy atom. The molecule has 5 heteroatoms. The molecule has 0 spiro atoms. The molecular weight excluding hydrogens is 524 g/mol. The number of hydrogen-bond donors (Lipinski definition) is 0. The number of pyridine rings is 1. The highest BCUT2D eigenvalue weighted by atomic mass is 19.3. The minimum absolute atomic E-state index is 0.227. The molecule has 208 valence electrons. The topological polar surface area (TPSA) is 19.5 Å². The first-order valence-electron chi connectivity index (χ1n) is 14.3. The fraction of sp³-hybridized carbons (Fsp3) is 0.189. The van der Waals surface area contributed by atoms with E-state index in [1.54, 1.807) is 24.3 Å². The van der Waals surface area contributed by atoms with Crippen molar-refractivity contribution in [2.24, 2.45) is 4.99 Å². The molecule has 2 aliphatic heterocycles. The lowest BCUT2D eigenvalue weighted by atomic mass is 9.91. The number of aromatic nitrogens is 1. The van der Waals surface area contributed by atoms with Crippen molar-refractivity contribution in [1.29, 1.82) is 0 Å². The van der Waals surface area contributed by atoms with E-state index >= 15 is 8.78 Å². The number of hydrogen-bond acceptors (Lipinski definition) is 2. The van der Waals surface area contributed by atoms with Crippen LogP contribution in [0.3, 0.4) is 0 Å². The van der Waals surface area contributed by atoms with Crippen LogP contribution < -0.4 is 9.47 Å². The Kier molecular flexibility index (Phi) is 5.74. The van der Waals surface area contributed by atoms with Gasteiger partial charge in [0.25, 0.3) is 5.84 Å². The molecule has 0 N–H and O–H groups in total. The van der Waals surface area contributed by atoms with Gasteiger partial charge >= 0.3 is 12.0 Å². The highest BCUT2D eigenvalue weighted by molar-refractivity contribution is 6.13. The van der Waals surface area contributed by atoms with Crippen LogP contribution in [0.2, 0.25) is 0 Å². The van der Waals surface area contributed by atoms with Crippen molar-refractivity contribution in [2.75, 3.05) is 4.90 Å². The van der Waals surface area contributed by atoms with Crippen LogP contribution in [0.5, 0.6) is 0 Å². The Labute approximate surface area is 245 Å². The summed E-state index contributed by atoms with van der Waals surface area (Å²) in [5.41, 5.74) is 13.0. The number of nitrogens with zero attached hydrogens (tertiary/aromatic N) is 3. The zero-order valence-electron chi connectivity index (χ0n) is 24.7. The fourth-order valence-electron chi connectivity index (χ4n) is 7.05. The van der Waals surface area contributed by atoms with Crippen molar-refractivity contribution >= 4 is 34.3 Å². The van der Waals surface area contributed by atoms with Crippen LogP contribution in [0.15, 0.2) is 83.9 Å². The number of anilines is 1. The molecule has 3 nitrogen and oxygen atoms in total. The molecule has 3 heterocycles. The van der Waals surface area contributed by atoms with Gasteiger partial charge in [-0.05, 0) is 133 Å². The normalized spacial score (nSPS) is 14.9. The molecule has 0 atom stereocenters. The zero-order valence-corrected chi connectivity index (χ0v) is 24.7. The Balaban J connectivity index is 1.36. The largest absolute Gasteiger partial charge is 0.500 e. The zero-order chi connectivity index (χ0) is 29.5. The number of halogens is 2. The smallest absolute Gasteiger partial charge is 0.204 e. The van der Waals surface area contributed by atoms with E-state index in [1.165, 1.54) is 33.4 Å². The Bertz CT molecular complexity index is 1990. The summed E-state index contributed by atoms with van der Waals surface area (Å²) in [4.78, 5) is 5.75.